The molecule has 20 heavy (non-hydrogen) atoms. The molecule has 1 fully saturated rings. The molecular formula is C14H13N5O. The van der Waals surface area contributed by atoms with E-state index in [4.69, 9.17) is 10.5 Å². The van der Waals surface area contributed by atoms with Crippen molar-refractivity contribution in [1.82, 2.24) is 0 Å². The van der Waals surface area contributed by atoms with Crippen molar-refractivity contribution in [3.63, 3.8) is 0 Å². The molecule has 6 nitrogen and oxygen atoms in total. The van der Waals surface area contributed by atoms with Crippen molar-refractivity contribution in [3.05, 3.63) is 23.8 Å². The summed E-state index contributed by atoms with van der Waals surface area (Å²) in [7, 11) is 0. The van der Waals surface area contributed by atoms with E-state index in [0.717, 1.165) is 17.7 Å². The summed E-state index contributed by atoms with van der Waals surface area (Å²) in [5, 5.41) is 21.1. The first-order chi connectivity index (χ1) is 9.65. The van der Waals surface area contributed by atoms with Crippen molar-refractivity contribution >= 4 is 23.0 Å². The van der Waals surface area contributed by atoms with Crippen LogP contribution in [0.25, 0.3) is 0 Å². The van der Waals surface area contributed by atoms with Crippen molar-refractivity contribution in [2.24, 2.45) is 5.10 Å². The lowest BCUT2D eigenvalue weighted by atomic mass is 10.2. The van der Waals surface area contributed by atoms with Crippen LogP contribution >= 0.6 is 0 Å². The maximum absolute atomic E-state index is 11.8. The Bertz CT molecular complexity index is 635. The molecule has 2 rings (SSSR count). The number of nitriles is 2. The molecule has 1 aliphatic heterocycles. The summed E-state index contributed by atoms with van der Waals surface area (Å²) in [4.78, 5) is 13.5. The van der Waals surface area contributed by atoms with Crippen LogP contribution in [0.4, 0.5) is 11.4 Å². The van der Waals surface area contributed by atoms with Crippen molar-refractivity contribution in [2.75, 3.05) is 16.9 Å². The van der Waals surface area contributed by atoms with Crippen molar-refractivity contribution in [1.29, 1.82) is 10.5 Å². The second-order valence-electron chi connectivity index (χ2n) is 4.47. The number of carbonyl (C=O) groups is 1. The summed E-state index contributed by atoms with van der Waals surface area (Å²) in [6.45, 7) is 2.59. The molecule has 1 aromatic rings. The van der Waals surface area contributed by atoms with E-state index in [1.54, 1.807) is 17.0 Å². The summed E-state index contributed by atoms with van der Waals surface area (Å²) in [5.74, 6) is 0.0710. The van der Waals surface area contributed by atoms with E-state index in [1.807, 2.05) is 25.1 Å². The zero-order chi connectivity index (χ0) is 14.5. The van der Waals surface area contributed by atoms with Crippen LogP contribution in [-0.4, -0.2) is 18.2 Å². The van der Waals surface area contributed by atoms with Gasteiger partial charge in [-0.15, -0.1) is 0 Å². The smallest absolute Gasteiger partial charge is 0.237 e. The fourth-order valence-corrected chi connectivity index (χ4v) is 2.07. The molecule has 1 heterocycles. The Kier molecular flexibility index (Phi) is 3.97. The van der Waals surface area contributed by atoms with Gasteiger partial charge in [0.15, 0.2) is 0 Å². The van der Waals surface area contributed by atoms with Crippen molar-refractivity contribution < 1.29 is 4.79 Å². The Hall–Kier alpha value is -2.86. The molecule has 0 radical (unpaired) electrons. The summed E-state index contributed by atoms with van der Waals surface area (Å²) < 4.78 is 0. The van der Waals surface area contributed by atoms with E-state index in [9.17, 15) is 4.79 Å². The lowest BCUT2D eigenvalue weighted by Gasteiger charge is -2.19. The Morgan fingerprint density at radius 1 is 1.40 bits per heavy atom. The predicted molar refractivity (Wildman–Crippen MR) is 75.0 cm³/mol. The van der Waals surface area contributed by atoms with Gasteiger partial charge < -0.3 is 4.90 Å². The minimum Gasteiger partial charge on any atom is -0.310 e. The topological polar surface area (TPSA) is 92.3 Å². The minimum atomic E-state index is -0.259. The van der Waals surface area contributed by atoms with Gasteiger partial charge in [0.2, 0.25) is 11.6 Å². The van der Waals surface area contributed by atoms with Crippen LogP contribution in [0.1, 0.15) is 18.4 Å². The van der Waals surface area contributed by atoms with Gasteiger partial charge in [-0.1, -0.05) is 6.07 Å². The van der Waals surface area contributed by atoms with Gasteiger partial charge in [0.1, 0.15) is 12.1 Å². The van der Waals surface area contributed by atoms with Gasteiger partial charge >= 0.3 is 0 Å². The normalized spacial score (nSPS) is 13.6. The maximum atomic E-state index is 11.8. The number of anilines is 2. The molecule has 6 heteroatoms. The van der Waals surface area contributed by atoms with Crippen LogP contribution in [-0.2, 0) is 4.79 Å². The Morgan fingerprint density at radius 2 is 2.15 bits per heavy atom. The SMILES string of the molecule is Cc1ccc(N2CCCC2=O)c(NN=C(C#N)C#N)c1. The molecule has 0 unspecified atom stereocenters. The monoisotopic (exact) mass is 267 g/mol. The zero-order valence-corrected chi connectivity index (χ0v) is 11.1. The first-order valence-corrected chi connectivity index (χ1v) is 6.20. The molecule has 1 aliphatic rings. The van der Waals surface area contributed by atoms with Crippen LogP contribution in [0.2, 0.25) is 0 Å². The van der Waals surface area contributed by atoms with E-state index in [-0.39, 0.29) is 11.6 Å². The number of hydrogen-bond acceptors (Lipinski definition) is 5. The maximum Gasteiger partial charge on any atom is 0.237 e. The molecule has 0 spiro atoms. The third-order valence-corrected chi connectivity index (χ3v) is 3.02. The van der Waals surface area contributed by atoms with Crippen LogP contribution in [0.3, 0.4) is 0 Å². The Balaban J connectivity index is 2.34. The quantitative estimate of drug-likeness (QED) is 0.669. The van der Waals surface area contributed by atoms with E-state index < -0.39 is 0 Å². The number of hydrazone groups is 1. The Morgan fingerprint density at radius 3 is 2.75 bits per heavy atom. The van der Waals surface area contributed by atoms with Gasteiger partial charge in [0.05, 0.1) is 11.4 Å². The Labute approximate surface area is 116 Å². The molecule has 0 atom stereocenters. The average Bonchev–Trinajstić information content (AvgIpc) is 2.86. The van der Waals surface area contributed by atoms with Gasteiger partial charge in [0, 0.05) is 13.0 Å². The minimum absolute atomic E-state index is 0.0710. The van der Waals surface area contributed by atoms with Crippen LogP contribution in [0.5, 0.6) is 0 Å². The summed E-state index contributed by atoms with van der Waals surface area (Å²) in [6.07, 6.45) is 1.37. The number of carbonyl (C=O) groups excluding carboxylic acids is 1. The molecule has 1 N–H and O–H groups in total. The summed E-state index contributed by atoms with van der Waals surface area (Å²) in [5.41, 5.74) is 4.77. The van der Waals surface area contributed by atoms with E-state index in [2.05, 4.69) is 10.5 Å². The highest BCUT2D eigenvalue weighted by Crippen LogP contribution is 2.30. The third kappa shape index (κ3) is 2.76. The standard InChI is InChI=1S/C14H13N5O/c1-10-4-5-13(19-6-2-3-14(19)20)12(7-10)18-17-11(8-15)9-16/h4-5,7,18H,2-3,6H2,1H3. The first-order valence-electron chi connectivity index (χ1n) is 6.20. The lowest BCUT2D eigenvalue weighted by Crippen LogP contribution is -2.24. The molecular weight excluding hydrogens is 254 g/mol. The first kappa shape index (κ1) is 13.6. The predicted octanol–water partition coefficient (Wildman–Crippen LogP) is 1.94. The number of amides is 1. The van der Waals surface area contributed by atoms with E-state index in [0.29, 0.717) is 18.7 Å². The lowest BCUT2D eigenvalue weighted by molar-refractivity contribution is -0.117. The van der Waals surface area contributed by atoms with E-state index >= 15 is 0 Å². The highest BCUT2D eigenvalue weighted by molar-refractivity contribution is 6.10. The highest BCUT2D eigenvalue weighted by Gasteiger charge is 2.23. The largest absolute Gasteiger partial charge is 0.310 e. The van der Waals surface area contributed by atoms with Gasteiger partial charge in [0.25, 0.3) is 0 Å². The number of rotatable bonds is 3. The van der Waals surface area contributed by atoms with Crippen LogP contribution < -0.4 is 10.3 Å². The van der Waals surface area contributed by atoms with Crippen molar-refractivity contribution in [2.45, 2.75) is 19.8 Å². The molecule has 0 aliphatic carbocycles. The second-order valence-corrected chi connectivity index (χ2v) is 4.47. The number of aryl methyl sites for hydroxylation is 1. The average molecular weight is 267 g/mol. The number of nitrogens with zero attached hydrogens (tertiary/aromatic N) is 4. The number of hydrogen-bond donors (Lipinski definition) is 1. The molecule has 0 aromatic heterocycles. The van der Waals surface area contributed by atoms with Gasteiger partial charge in [-0.3, -0.25) is 10.2 Å². The summed E-state index contributed by atoms with van der Waals surface area (Å²) >= 11 is 0. The van der Waals surface area contributed by atoms with Crippen LogP contribution in [0, 0.1) is 29.6 Å². The zero-order valence-electron chi connectivity index (χ0n) is 11.1. The molecule has 1 aromatic carbocycles. The number of benzene rings is 1. The van der Waals surface area contributed by atoms with E-state index in [1.165, 1.54) is 0 Å². The number of nitrogens with one attached hydrogen (secondary N) is 1. The summed E-state index contributed by atoms with van der Waals surface area (Å²) in [6, 6.07) is 8.94. The molecule has 0 saturated carbocycles. The highest BCUT2D eigenvalue weighted by atomic mass is 16.2. The van der Waals surface area contributed by atoms with Crippen molar-refractivity contribution in [3.8, 4) is 12.1 Å². The second kappa shape index (κ2) is 5.85. The molecule has 100 valence electrons. The van der Waals surface area contributed by atoms with Crippen LogP contribution in [0.15, 0.2) is 23.3 Å². The van der Waals surface area contributed by atoms with Gasteiger partial charge in [-0.2, -0.15) is 15.6 Å². The molecule has 1 saturated heterocycles. The van der Waals surface area contributed by atoms with Gasteiger partial charge in [-0.05, 0) is 31.0 Å². The van der Waals surface area contributed by atoms with Gasteiger partial charge in [-0.25, -0.2) is 0 Å². The molecule has 0 bridgehead atoms. The fourth-order valence-electron chi connectivity index (χ4n) is 2.07. The fraction of sp³-hybridized carbons (Fsp3) is 0.286. The third-order valence-electron chi connectivity index (χ3n) is 3.02. The molecule has 1 amide bonds.